The molecule has 0 fully saturated rings. The zero-order valence-electron chi connectivity index (χ0n) is 13.3. The van der Waals surface area contributed by atoms with Crippen molar-refractivity contribution in [2.75, 3.05) is 19.0 Å². The molecule has 0 spiro atoms. The Hall–Kier alpha value is -2.24. The first-order chi connectivity index (χ1) is 10.3. The number of nitrogens with one attached hydrogen (secondary N) is 2. The van der Waals surface area contributed by atoms with Gasteiger partial charge in [-0.3, -0.25) is 4.79 Å². The number of anilines is 1. The molecule has 0 saturated carbocycles. The van der Waals surface area contributed by atoms with Crippen LogP contribution in [0.3, 0.4) is 0 Å². The predicted octanol–water partition coefficient (Wildman–Crippen LogP) is 2.26. The molecule has 120 valence electrons. The fraction of sp³-hybridized carbons (Fsp3) is 0.500. The van der Waals surface area contributed by atoms with Crippen molar-refractivity contribution >= 4 is 17.7 Å². The molecule has 6 heteroatoms. The molecular weight excluding hydrogens is 284 g/mol. The zero-order chi connectivity index (χ0) is 16.3. The van der Waals surface area contributed by atoms with E-state index in [2.05, 4.69) is 10.6 Å². The van der Waals surface area contributed by atoms with Gasteiger partial charge in [0.15, 0.2) is 0 Å². The second kappa shape index (κ2) is 6.25. The summed E-state index contributed by atoms with van der Waals surface area (Å²) >= 11 is 0. The molecule has 0 aliphatic carbocycles. The van der Waals surface area contributed by atoms with Gasteiger partial charge in [0.2, 0.25) is 0 Å². The maximum Gasteiger partial charge on any atom is 0.407 e. The minimum Gasteiger partial charge on any atom is -0.468 e. The molecule has 1 aliphatic rings. The number of benzene rings is 1. The van der Waals surface area contributed by atoms with Crippen molar-refractivity contribution in [2.45, 2.75) is 38.3 Å². The van der Waals surface area contributed by atoms with Crippen LogP contribution in [0.1, 0.15) is 32.3 Å². The van der Waals surface area contributed by atoms with Gasteiger partial charge < -0.3 is 20.1 Å². The lowest BCUT2D eigenvalue weighted by molar-refractivity contribution is -0.143. The number of ether oxygens (including phenoxy) is 2. The summed E-state index contributed by atoms with van der Waals surface area (Å²) in [6.45, 7) is 5.80. The SMILES string of the molecule is COC(=O)C1c2ccccc2NCC1NC(=O)OC(C)(C)C. The number of alkyl carbamates (subject to hydrolysis) is 1. The molecule has 1 amide bonds. The third-order valence-electron chi connectivity index (χ3n) is 3.37. The largest absolute Gasteiger partial charge is 0.468 e. The van der Waals surface area contributed by atoms with Crippen molar-refractivity contribution in [1.82, 2.24) is 5.32 Å². The number of esters is 1. The van der Waals surface area contributed by atoms with Gasteiger partial charge in [-0.25, -0.2) is 4.79 Å². The highest BCUT2D eigenvalue weighted by Crippen LogP contribution is 2.32. The Balaban J connectivity index is 2.21. The molecule has 1 heterocycles. The summed E-state index contributed by atoms with van der Waals surface area (Å²) in [5, 5.41) is 5.97. The van der Waals surface area contributed by atoms with E-state index in [1.54, 1.807) is 20.8 Å². The summed E-state index contributed by atoms with van der Waals surface area (Å²) in [6, 6.07) is 7.06. The highest BCUT2D eigenvalue weighted by atomic mass is 16.6. The van der Waals surface area contributed by atoms with Crippen LogP contribution < -0.4 is 10.6 Å². The van der Waals surface area contributed by atoms with Gasteiger partial charge >= 0.3 is 12.1 Å². The lowest BCUT2D eigenvalue weighted by Crippen LogP contribution is -2.50. The number of para-hydroxylation sites is 1. The number of methoxy groups -OCH3 is 1. The molecule has 0 saturated heterocycles. The van der Waals surface area contributed by atoms with Crippen molar-refractivity contribution in [3.63, 3.8) is 0 Å². The quantitative estimate of drug-likeness (QED) is 0.820. The van der Waals surface area contributed by atoms with Crippen molar-refractivity contribution in [1.29, 1.82) is 0 Å². The fourth-order valence-corrected chi connectivity index (χ4v) is 2.50. The Morgan fingerprint density at radius 2 is 1.95 bits per heavy atom. The number of rotatable bonds is 2. The first kappa shape index (κ1) is 16.1. The van der Waals surface area contributed by atoms with Gasteiger partial charge in [-0.15, -0.1) is 0 Å². The molecule has 1 aliphatic heterocycles. The van der Waals surface area contributed by atoms with E-state index in [0.29, 0.717) is 6.54 Å². The van der Waals surface area contributed by atoms with Crippen LogP contribution in [0.5, 0.6) is 0 Å². The molecule has 0 bridgehead atoms. The average molecular weight is 306 g/mol. The number of carbonyl (C=O) groups is 2. The first-order valence-corrected chi connectivity index (χ1v) is 7.22. The van der Waals surface area contributed by atoms with Crippen LogP contribution >= 0.6 is 0 Å². The van der Waals surface area contributed by atoms with Gasteiger partial charge in [0, 0.05) is 12.2 Å². The fourth-order valence-electron chi connectivity index (χ4n) is 2.50. The van der Waals surface area contributed by atoms with Crippen molar-refractivity contribution in [2.24, 2.45) is 0 Å². The zero-order valence-corrected chi connectivity index (χ0v) is 13.3. The molecule has 22 heavy (non-hydrogen) atoms. The third kappa shape index (κ3) is 3.69. The highest BCUT2D eigenvalue weighted by molar-refractivity contribution is 5.84. The Kier molecular flexibility index (Phi) is 4.59. The number of fused-ring (bicyclic) bond motifs is 1. The van der Waals surface area contributed by atoms with Crippen molar-refractivity contribution in [3.05, 3.63) is 29.8 Å². The summed E-state index contributed by atoms with van der Waals surface area (Å²) in [6.07, 6.45) is -0.549. The minimum absolute atomic E-state index is 0.380. The third-order valence-corrected chi connectivity index (χ3v) is 3.37. The Morgan fingerprint density at radius 3 is 2.59 bits per heavy atom. The maximum absolute atomic E-state index is 12.2. The van der Waals surface area contributed by atoms with Crippen LogP contribution in [0.4, 0.5) is 10.5 Å². The first-order valence-electron chi connectivity index (χ1n) is 7.22. The summed E-state index contributed by atoms with van der Waals surface area (Å²) in [5.41, 5.74) is 1.09. The van der Waals surface area contributed by atoms with Gasteiger partial charge in [0.25, 0.3) is 0 Å². The molecule has 0 aromatic heterocycles. The summed E-state index contributed by atoms with van der Waals surface area (Å²) in [7, 11) is 1.34. The molecule has 2 unspecified atom stereocenters. The molecule has 2 rings (SSSR count). The van der Waals surface area contributed by atoms with Crippen molar-refractivity contribution in [3.8, 4) is 0 Å². The van der Waals surface area contributed by atoms with Crippen LogP contribution in [-0.4, -0.2) is 37.4 Å². The van der Waals surface area contributed by atoms with E-state index in [-0.39, 0.29) is 5.97 Å². The number of amides is 1. The van der Waals surface area contributed by atoms with Crippen LogP contribution in [0.25, 0.3) is 0 Å². The van der Waals surface area contributed by atoms with Gasteiger partial charge in [0.05, 0.1) is 13.2 Å². The summed E-state index contributed by atoms with van der Waals surface area (Å²) in [5.74, 6) is -0.940. The second-order valence-corrected chi connectivity index (χ2v) is 6.22. The minimum atomic E-state index is -0.592. The Morgan fingerprint density at radius 1 is 1.27 bits per heavy atom. The van der Waals surface area contributed by atoms with Gasteiger partial charge in [-0.1, -0.05) is 18.2 Å². The van der Waals surface area contributed by atoms with E-state index in [1.807, 2.05) is 24.3 Å². The molecule has 1 aromatic carbocycles. The average Bonchev–Trinajstić information content (AvgIpc) is 2.44. The highest BCUT2D eigenvalue weighted by Gasteiger charge is 2.37. The normalized spacial score (nSPS) is 20.4. The van der Waals surface area contributed by atoms with Crippen LogP contribution in [0, 0.1) is 0 Å². The predicted molar refractivity (Wildman–Crippen MR) is 82.8 cm³/mol. The molecule has 2 atom stereocenters. The van der Waals surface area contributed by atoms with E-state index in [9.17, 15) is 9.59 Å². The number of hydrogen-bond acceptors (Lipinski definition) is 5. The van der Waals surface area contributed by atoms with E-state index in [4.69, 9.17) is 9.47 Å². The van der Waals surface area contributed by atoms with Gasteiger partial charge in [0.1, 0.15) is 11.5 Å². The molecule has 0 radical (unpaired) electrons. The lowest BCUT2D eigenvalue weighted by Gasteiger charge is -2.33. The van der Waals surface area contributed by atoms with E-state index in [0.717, 1.165) is 11.3 Å². The Labute approximate surface area is 130 Å². The van der Waals surface area contributed by atoms with Gasteiger partial charge in [-0.2, -0.15) is 0 Å². The second-order valence-electron chi connectivity index (χ2n) is 6.22. The smallest absolute Gasteiger partial charge is 0.407 e. The molecule has 6 nitrogen and oxygen atoms in total. The van der Waals surface area contributed by atoms with E-state index < -0.39 is 23.7 Å². The molecule has 2 N–H and O–H groups in total. The van der Waals surface area contributed by atoms with Crippen LogP contribution in [-0.2, 0) is 14.3 Å². The lowest BCUT2D eigenvalue weighted by atomic mass is 9.87. The molecule has 1 aromatic rings. The van der Waals surface area contributed by atoms with Crippen LogP contribution in [0.15, 0.2) is 24.3 Å². The summed E-state index contributed by atoms with van der Waals surface area (Å²) < 4.78 is 10.2. The van der Waals surface area contributed by atoms with Crippen molar-refractivity contribution < 1.29 is 19.1 Å². The van der Waals surface area contributed by atoms with Crippen LogP contribution in [0.2, 0.25) is 0 Å². The summed E-state index contributed by atoms with van der Waals surface area (Å²) in [4.78, 5) is 24.1. The van der Waals surface area contributed by atoms with E-state index in [1.165, 1.54) is 7.11 Å². The maximum atomic E-state index is 12.2. The molecular formula is C16H22N2O4. The van der Waals surface area contributed by atoms with Gasteiger partial charge in [-0.05, 0) is 32.4 Å². The topological polar surface area (TPSA) is 76.7 Å². The Bertz CT molecular complexity index is 566. The number of carbonyl (C=O) groups excluding carboxylic acids is 2. The number of hydrogen-bond donors (Lipinski definition) is 2. The monoisotopic (exact) mass is 306 g/mol. The standard InChI is InChI=1S/C16H22N2O4/c1-16(2,3)22-15(20)18-12-9-17-11-8-6-5-7-10(11)13(12)14(19)21-4/h5-8,12-13,17H,9H2,1-4H3,(H,18,20). The van der Waals surface area contributed by atoms with E-state index >= 15 is 0 Å².